The van der Waals surface area contributed by atoms with Gasteiger partial charge in [0.25, 0.3) is 0 Å². The molecule has 0 radical (unpaired) electrons. The minimum absolute atomic E-state index is 0.246. The first kappa shape index (κ1) is 22.5. The largest absolute Gasteiger partial charge is 0.474 e. The zero-order chi connectivity index (χ0) is 24.8. The van der Waals surface area contributed by atoms with Gasteiger partial charge in [0.2, 0.25) is 5.95 Å². The van der Waals surface area contributed by atoms with Gasteiger partial charge in [-0.25, -0.2) is 14.8 Å². The number of carbonyl (C=O) groups excluding carboxylic acids is 1. The van der Waals surface area contributed by atoms with Gasteiger partial charge in [-0.1, -0.05) is 31.2 Å². The number of nitrogens with zero attached hydrogens (tertiary/aromatic N) is 5. The summed E-state index contributed by atoms with van der Waals surface area (Å²) < 4.78 is 2.40. The molecule has 6 rings (SSSR count). The standard InChI is InChI=1S/C27H28N6O3/c1-16-6-9-18(10-7-16)33-22-5-3-2-4-19(22)20-14-28-27(31-24(20)33)30-23-11-8-17-15-32(25(34)26(35)36)13-12-21(17)29-23/h2-5,8,11,14,16,18H,6-7,9-10,12-13,15H2,1H3,(H,35,36)(H,28,29,30,31)/t16-,18-. The third-order valence-corrected chi connectivity index (χ3v) is 7.56. The van der Waals surface area contributed by atoms with Crippen molar-refractivity contribution in [3.05, 3.63) is 53.9 Å². The first-order chi connectivity index (χ1) is 17.5. The van der Waals surface area contributed by atoms with Crippen molar-refractivity contribution in [2.75, 3.05) is 11.9 Å². The number of anilines is 2. The molecule has 0 atom stereocenters. The fraction of sp³-hybridized carbons (Fsp3) is 0.370. The molecule has 3 aromatic heterocycles. The summed E-state index contributed by atoms with van der Waals surface area (Å²) in [4.78, 5) is 38.4. The average Bonchev–Trinajstić information content (AvgIpc) is 3.22. The lowest BCUT2D eigenvalue weighted by Crippen LogP contribution is -2.40. The highest BCUT2D eigenvalue weighted by Crippen LogP contribution is 2.38. The number of carboxylic acids is 1. The van der Waals surface area contributed by atoms with Crippen molar-refractivity contribution in [3.8, 4) is 0 Å². The SMILES string of the molecule is C[C@H]1CC[C@H](n2c3ccccc3c3cnc(Nc4ccc5c(n4)CCN(C(=O)C(=O)O)C5)nc32)CC1. The Morgan fingerprint density at radius 3 is 2.64 bits per heavy atom. The van der Waals surface area contributed by atoms with E-state index in [1.807, 2.05) is 18.3 Å². The van der Waals surface area contributed by atoms with Gasteiger partial charge in [-0.05, 0) is 49.3 Å². The van der Waals surface area contributed by atoms with Crippen LogP contribution in [0.2, 0.25) is 0 Å². The number of carbonyl (C=O) groups is 2. The van der Waals surface area contributed by atoms with Crippen molar-refractivity contribution in [3.63, 3.8) is 0 Å². The first-order valence-corrected chi connectivity index (χ1v) is 12.5. The lowest BCUT2D eigenvalue weighted by Gasteiger charge is -2.28. The van der Waals surface area contributed by atoms with Gasteiger partial charge in [-0.15, -0.1) is 0 Å². The first-order valence-electron chi connectivity index (χ1n) is 12.5. The second-order valence-electron chi connectivity index (χ2n) is 9.94. The van der Waals surface area contributed by atoms with E-state index >= 15 is 0 Å². The van der Waals surface area contributed by atoms with E-state index in [2.05, 4.69) is 46.1 Å². The Bertz CT molecular complexity index is 1490. The van der Waals surface area contributed by atoms with E-state index in [0.29, 0.717) is 30.8 Å². The van der Waals surface area contributed by atoms with Gasteiger partial charge in [0.15, 0.2) is 0 Å². The highest BCUT2D eigenvalue weighted by molar-refractivity contribution is 6.31. The number of hydrogen-bond donors (Lipinski definition) is 2. The number of carboxylic acid groups (broad SMARTS) is 1. The molecule has 184 valence electrons. The van der Waals surface area contributed by atoms with Gasteiger partial charge in [-0.3, -0.25) is 4.79 Å². The van der Waals surface area contributed by atoms with E-state index in [4.69, 9.17) is 15.1 Å². The monoisotopic (exact) mass is 484 g/mol. The van der Waals surface area contributed by atoms with Crippen LogP contribution in [0.25, 0.3) is 21.9 Å². The molecule has 2 aliphatic rings. The molecule has 2 N–H and O–H groups in total. The van der Waals surface area contributed by atoms with Gasteiger partial charge >= 0.3 is 11.9 Å². The van der Waals surface area contributed by atoms with Gasteiger partial charge in [0.1, 0.15) is 11.5 Å². The molecular formula is C27H28N6O3. The highest BCUT2D eigenvalue weighted by atomic mass is 16.4. The van der Waals surface area contributed by atoms with E-state index in [-0.39, 0.29) is 6.54 Å². The summed E-state index contributed by atoms with van der Waals surface area (Å²) in [5.74, 6) is -0.433. The number of aromatic nitrogens is 4. The molecule has 0 saturated heterocycles. The molecule has 9 nitrogen and oxygen atoms in total. The third-order valence-electron chi connectivity index (χ3n) is 7.56. The van der Waals surface area contributed by atoms with Crippen molar-refractivity contribution in [2.45, 2.75) is 51.6 Å². The summed E-state index contributed by atoms with van der Waals surface area (Å²) in [6.07, 6.45) is 7.14. The Morgan fingerprint density at radius 1 is 1.03 bits per heavy atom. The number of amides is 1. The van der Waals surface area contributed by atoms with Gasteiger partial charge in [-0.2, -0.15) is 4.98 Å². The maximum Gasteiger partial charge on any atom is 0.394 e. The summed E-state index contributed by atoms with van der Waals surface area (Å²) in [5.41, 5.74) is 3.84. The van der Waals surface area contributed by atoms with Crippen LogP contribution in [-0.4, -0.2) is 47.9 Å². The van der Waals surface area contributed by atoms with E-state index in [9.17, 15) is 9.59 Å². The van der Waals surface area contributed by atoms with Crippen LogP contribution in [0.1, 0.15) is 49.9 Å². The van der Waals surface area contributed by atoms with Crippen LogP contribution in [0, 0.1) is 5.92 Å². The normalized spacial score (nSPS) is 19.9. The third kappa shape index (κ3) is 3.94. The Kier molecular flexibility index (Phi) is 5.55. The molecule has 36 heavy (non-hydrogen) atoms. The van der Waals surface area contributed by atoms with Crippen LogP contribution >= 0.6 is 0 Å². The van der Waals surface area contributed by atoms with E-state index < -0.39 is 11.9 Å². The zero-order valence-electron chi connectivity index (χ0n) is 20.1. The average molecular weight is 485 g/mol. The topological polar surface area (TPSA) is 113 Å². The maximum absolute atomic E-state index is 11.8. The van der Waals surface area contributed by atoms with Crippen LogP contribution in [-0.2, 0) is 22.6 Å². The Hall–Kier alpha value is -4.01. The lowest BCUT2D eigenvalue weighted by molar-refractivity contribution is -0.156. The number of nitrogens with one attached hydrogen (secondary N) is 1. The van der Waals surface area contributed by atoms with Gasteiger partial charge < -0.3 is 19.9 Å². The lowest BCUT2D eigenvalue weighted by atomic mass is 9.87. The summed E-state index contributed by atoms with van der Waals surface area (Å²) in [5, 5.41) is 14.5. The van der Waals surface area contributed by atoms with E-state index in [1.165, 1.54) is 28.6 Å². The van der Waals surface area contributed by atoms with Crippen LogP contribution in [0.4, 0.5) is 11.8 Å². The Balaban J connectivity index is 1.31. The highest BCUT2D eigenvalue weighted by Gasteiger charge is 2.27. The fourth-order valence-electron chi connectivity index (χ4n) is 5.61. The summed E-state index contributed by atoms with van der Waals surface area (Å²) in [6.45, 7) is 2.91. The molecule has 1 aromatic carbocycles. The molecule has 1 aliphatic carbocycles. The smallest absolute Gasteiger partial charge is 0.394 e. The number of aliphatic carboxylic acids is 1. The number of pyridine rings is 1. The van der Waals surface area contributed by atoms with E-state index in [1.54, 1.807) is 0 Å². The van der Waals surface area contributed by atoms with Crippen LogP contribution in [0.5, 0.6) is 0 Å². The number of benzene rings is 1. The van der Waals surface area contributed by atoms with Gasteiger partial charge in [0.05, 0.1) is 5.52 Å². The molecule has 0 spiro atoms. The van der Waals surface area contributed by atoms with Crippen LogP contribution in [0.15, 0.2) is 42.6 Å². The molecule has 0 bridgehead atoms. The van der Waals surface area contributed by atoms with Crippen LogP contribution < -0.4 is 5.32 Å². The minimum Gasteiger partial charge on any atom is -0.474 e. The van der Waals surface area contributed by atoms with Gasteiger partial charge in [0, 0.05) is 48.2 Å². The second kappa shape index (κ2) is 8.89. The molecular weight excluding hydrogens is 456 g/mol. The molecule has 1 saturated carbocycles. The summed E-state index contributed by atoms with van der Waals surface area (Å²) in [7, 11) is 0. The molecule has 1 fully saturated rings. The predicted molar refractivity (Wildman–Crippen MR) is 136 cm³/mol. The fourth-order valence-corrected chi connectivity index (χ4v) is 5.61. The summed E-state index contributed by atoms with van der Waals surface area (Å²) in [6, 6.07) is 12.6. The van der Waals surface area contributed by atoms with Crippen LogP contribution in [0.3, 0.4) is 0 Å². The molecule has 0 unspecified atom stereocenters. The predicted octanol–water partition coefficient (Wildman–Crippen LogP) is 4.44. The van der Waals surface area contributed by atoms with Crippen molar-refractivity contribution in [1.82, 2.24) is 24.4 Å². The minimum atomic E-state index is -1.43. The Labute approximate surface area is 208 Å². The number of para-hydroxylation sites is 1. The van der Waals surface area contributed by atoms with Crippen molar-refractivity contribution < 1.29 is 14.7 Å². The van der Waals surface area contributed by atoms with Crippen molar-refractivity contribution in [1.29, 1.82) is 0 Å². The second-order valence-corrected chi connectivity index (χ2v) is 9.94. The van der Waals surface area contributed by atoms with E-state index in [0.717, 1.165) is 41.1 Å². The molecule has 9 heteroatoms. The molecule has 4 aromatic rings. The zero-order valence-corrected chi connectivity index (χ0v) is 20.1. The quantitative estimate of drug-likeness (QED) is 0.413. The molecule has 4 heterocycles. The van der Waals surface area contributed by atoms with Crippen molar-refractivity contribution in [2.24, 2.45) is 5.92 Å². The number of fused-ring (bicyclic) bond motifs is 4. The number of hydrogen-bond acceptors (Lipinski definition) is 6. The number of rotatable bonds is 3. The maximum atomic E-state index is 11.8. The molecule has 1 amide bonds. The Morgan fingerprint density at radius 2 is 1.83 bits per heavy atom. The molecule has 1 aliphatic heterocycles. The van der Waals surface area contributed by atoms with Crippen molar-refractivity contribution >= 4 is 45.6 Å². The summed E-state index contributed by atoms with van der Waals surface area (Å²) >= 11 is 0.